The summed E-state index contributed by atoms with van der Waals surface area (Å²) >= 11 is 0. The van der Waals surface area contributed by atoms with Gasteiger partial charge in [-0.3, -0.25) is 0 Å². The van der Waals surface area contributed by atoms with Crippen molar-refractivity contribution in [3.8, 4) is 0 Å². The van der Waals surface area contributed by atoms with Crippen molar-refractivity contribution >= 4 is 0 Å². The summed E-state index contributed by atoms with van der Waals surface area (Å²) in [5, 5.41) is 23.0. The second kappa shape index (κ2) is 4.87. The van der Waals surface area contributed by atoms with Crippen molar-refractivity contribution in [3.05, 3.63) is 11.1 Å². The fourth-order valence-electron chi connectivity index (χ4n) is 6.70. The number of hydrogen-bond donors (Lipinski definition) is 2. The molecule has 2 saturated carbocycles. The minimum atomic E-state index is -0.826. The number of rotatable bonds is 1. The summed E-state index contributed by atoms with van der Waals surface area (Å²) in [4.78, 5) is 0. The Morgan fingerprint density at radius 1 is 1.28 bits per heavy atom. The molecule has 2 saturated heterocycles. The van der Waals surface area contributed by atoms with E-state index in [1.54, 1.807) is 7.11 Å². The minimum Gasteiger partial charge on any atom is -0.389 e. The molecule has 5 heteroatoms. The average molecular weight is 350 g/mol. The molecule has 5 rings (SSSR count). The van der Waals surface area contributed by atoms with Crippen molar-refractivity contribution in [3.63, 3.8) is 0 Å². The third kappa shape index (κ3) is 1.82. The third-order valence-corrected chi connectivity index (χ3v) is 8.38. The van der Waals surface area contributed by atoms with Gasteiger partial charge in [-0.05, 0) is 31.8 Å². The molecule has 8 atom stereocenters. The molecule has 0 aromatic rings. The quantitative estimate of drug-likeness (QED) is 0.557. The SMILES string of the molecule is CO[C@H]1C[C@H]2OC[C@H]2C2C[C@]3(O)CCC(C)=C([C@@H](O)[C@H]4O[C@]214)C3(C)C. The van der Waals surface area contributed by atoms with E-state index in [1.165, 1.54) is 5.57 Å². The first-order chi connectivity index (χ1) is 11.8. The van der Waals surface area contributed by atoms with E-state index in [4.69, 9.17) is 14.2 Å². The van der Waals surface area contributed by atoms with E-state index in [-0.39, 0.29) is 24.2 Å². The number of aliphatic hydroxyl groups excluding tert-OH is 1. The Balaban J connectivity index is 1.65. The van der Waals surface area contributed by atoms with Gasteiger partial charge in [0.15, 0.2) is 0 Å². The van der Waals surface area contributed by atoms with Gasteiger partial charge in [-0.25, -0.2) is 0 Å². The van der Waals surface area contributed by atoms with Gasteiger partial charge in [0.05, 0.1) is 24.4 Å². The van der Waals surface area contributed by atoms with Crippen molar-refractivity contribution in [1.82, 2.24) is 0 Å². The Kier molecular flexibility index (Phi) is 3.25. The fraction of sp³-hybridized carbons (Fsp3) is 0.900. The smallest absolute Gasteiger partial charge is 0.127 e. The van der Waals surface area contributed by atoms with Crippen LogP contribution in [0.5, 0.6) is 0 Å². The maximum Gasteiger partial charge on any atom is 0.127 e. The fourth-order valence-corrected chi connectivity index (χ4v) is 6.70. The van der Waals surface area contributed by atoms with Gasteiger partial charge in [0.2, 0.25) is 0 Å². The van der Waals surface area contributed by atoms with E-state index in [1.807, 2.05) is 0 Å². The molecule has 0 amide bonds. The summed E-state index contributed by atoms with van der Waals surface area (Å²) in [6, 6.07) is 0. The molecule has 4 fully saturated rings. The highest BCUT2D eigenvalue weighted by Crippen LogP contribution is 2.66. The number of ether oxygens (including phenoxy) is 3. The van der Waals surface area contributed by atoms with Gasteiger partial charge in [-0.1, -0.05) is 19.4 Å². The first-order valence-corrected chi connectivity index (χ1v) is 9.69. The molecule has 2 heterocycles. The summed E-state index contributed by atoms with van der Waals surface area (Å²) in [5.74, 6) is 0.575. The Morgan fingerprint density at radius 2 is 2.04 bits per heavy atom. The lowest BCUT2D eigenvalue weighted by Gasteiger charge is -2.58. The van der Waals surface area contributed by atoms with E-state index in [0.29, 0.717) is 12.3 Å². The number of aliphatic hydroxyl groups is 2. The standard InChI is InChI=1S/C20H30O5/c1-10-5-6-19(22)8-12-11-9-24-13(11)7-14(23-4)20(12)17(25-20)16(21)15(10)18(19,2)3/h11-14,16-17,21-22H,5-9H2,1-4H3/t11-,12?,13+,14-,16+,17+,19+,20+/m0/s1. The molecule has 2 bridgehead atoms. The van der Waals surface area contributed by atoms with E-state index in [0.717, 1.165) is 31.4 Å². The Bertz CT molecular complexity index is 642. The van der Waals surface area contributed by atoms with Crippen LogP contribution in [0.4, 0.5) is 0 Å². The molecule has 2 N–H and O–H groups in total. The molecule has 0 radical (unpaired) electrons. The van der Waals surface area contributed by atoms with Crippen molar-refractivity contribution in [1.29, 1.82) is 0 Å². The van der Waals surface area contributed by atoms with E-state index < -0.39 is 22.7 Å². The molecular formula is C20H30O5. The highest BCUT2D eigenvalue weighted by molar-refractivity contribution is 5.38. The predicted molar refractivity (Wildman–Crippen MR) is 91.0 cm³/mol. The average Bonchev–Trinajstić information content (AvgIpc) is 3.25. The van der Waals surface area contributed by atoms with Crippen LogP contribution in [0.15, 0.2) is 11.1 Å². The van der Waals surface area contributed by atoms with Crippen LogP contribution < -0.4 is 0 Å². The molecule has 1 unspecified atom stereocenters. The van der Waals surface area contributed by atoms with Gasteiger partial charge in [0, 0.05) is 30.8 Å². The lowest BCUT2D eigenvalue weighted by Crippen LogP contribution is -2.65. The van der Waals surface area contributed by atoms with Crippen LogP contribution >= 0.6 is 0 Å². The summed E-state index contributed by atoms with van der Waals surface area (Å²) in [7, 11) is 1.73. The zero-order valence-electron chi connectivity index (χ0n) is 15.6. The molecule has 3 aliphatic carbocycles. The van der Waals surface area contributed by atoms with Crippen LogP contribution in [0, 0.1) is 17.3 Å². The van der Waals surface area contributed by atoms with Crippen LogP contribution in [0.25, 0.3) is 0 Å². The van der Waals surface area contributed by atoms with Crippen LogP contribution in [0.3, 0.4) is 0 Å². The highest BCUT2D eigenvalue weighted by atomic mass is 16.7. The van der Waals surface area contributed by atoms with Gasteiger partial charge in [-0.15, -0.1) is 0 Å². The first-order valence-electron chi connectivity index (χ1n) is 9.69. The van der Waals surface area contributed by atoms with E-state index in [9.17, 15) is 10.2 Å². The summed E-state index contributed by atoms with van der Waals surface area (Å²) < 4.78 is 17.9. The van der Waals surface area contributed by atoms with Crippen molar-refractivity contribution in [2.45, 2.75) is 82.1 Å². The summed E-state index contributed by atoms with van der Waals surface area (Å²) in [5.41, 5.74) is 0.455. The summed E-state index contributed by atoms with van der Waals surface area (Å²) in [6.07, 6.45) is 2.34. The number of hydrogen-bond acceptors (Lipinski definition) is 5. The van der Waals surface area contributed by atoms with Crippen molar-refractivity contribution in [2.75, 3.05) is 13.7 Å². The Hall–Kier alpha value is -0.460. The summed E-state index contributed by atoms with van der Waals surface area (Å²) in [6.45, 7) is 7.01. The highest BCUT2D eigenvalue weighted by Gasteiger charge is 2.77. The number of methoxy groups -OCH3 is 1. The van der Waals surface area contributed by atoms with Gasteiger partial charge < -0.3 is 24.4 Å². The largest absolute Gasteiger partial charge is 0.389 e. The molecule has 5 nitrogen and oxygen atoms in total. The maximum atomic E-state index is 11.7. The molecular weight excluding hydrogens is 320 g/mol. The van der Waals surface area contributed by atoms with Gasteiger partial charge in [0.1, 0.15) is 17.8 Å². The lowest BCUT2D eigenvalue weighted by atomic mass is 9.51. The van der Waals surface area contributed by atoms with Crippen LogP contribution in [-0.2, 0) is 14.2 Å². The molecule has 2 aliphatic heterocycles. The zero-order chi connectivity index (χ0) is 17.8. The van der Waals surface area contributed by atoms with E-state index >= 15 is 0 Å². The molecule has 0 aromatic carbocycles. The minimum absolute atomic E-state index is 0.0786. The second-order valence-electron chi connectivity index (χ2n) is 9.49. The molecule has 1 spiro atoms. The lowest BCUT2D eigenvalue weighted by molar-refractivity contribution is -0.225. The van der Waals surface area contributed by atoms with Crippen LogP contribution in [-0.4, -0.2) is 59.5 Å². The van der Waals surface area contributed by atoms with Gasteiger partial charge in [-0.2, -0.15) is 0 Å². The zero-order valence-corrected chi connectivity index (χ0v) is 15.6. The van der Waals surface area contributed by atoms with Crippen LogP contribution in [0.2, 0.25) is 0 Å². The predicted octanol–water partition coefficient (Wildman–Crippen LogP) is 1.81. The normalized spacial score (nSPS) is 55.9. The topological polar surface area (TPSA) is 71.5 Å². The van der Waals surface area contributed by atoms with Crippen molar-refractivity contribution in [2.24, 2.45) is 17.3 Å². The number of epoxide rings is 1. The second-order valence-corrected chi connectivity index (χ2v) is 9.49. The van der Waals surface area contributed by atoms with Gasteiger partial charge >= 0.3 is 0 Å². The third-order valence-electron chi connectivity index (χ3n) is 8.38. The molecule has 140 valence electrons. The Labute approximate surface area is 149 Å². The Morgan fingerprint density at radius 3 is 2.68 bits per heavy atom. The molecule has 25 heavy (non-hydrogen) atoms. The number of fused-ring (bicyclic) bond motifs is 4. The van der Waals surface area contributed by atoms with Crippen molar-refractivity contribution < 1.29 is 24.4 Å². The van der Waals surface area contributed by atoms with Gasteiger partial charge in [0.25, 0.3) is 0 Å². The molecule has 0 aromatic heterocycles. The first kappa shape index (κ1) is 16.7. The molecule has 5 aliphatic rings. The van der Waals surface area contributed by atoms with E-state index in [2.05, 4.69) is 20.8 Å². The number of allylic oxidation sites excluding steroid dienone is 1. The monoisotopic (exact) mass is 350 g/mol. The van der Waals surface area contributed by atoms with Crippen LogP contribution in [0.1, 0.15) is 46.5 Å². The maximum absolute atomic E-state index is 11.7.